The Balaban J connectivity index is 2.40. The minimum Gasteiger partial charge on any atom is -0.338 e. The molecule has 0 amide bonds. The molecule has 0 bridgehead atoms. The zero-order valence-electron chi connectivity index (χ0n) is 10.0. The van der Waals surface area contributed by atoms with E-state index in [-0.39, 0.29) is 11.5 Å². The topological polar surface area (TPSA) is 70.7 Å². The first kappa shape index (κ1) is 14.3. The van der Waals surface area contributed by atoms with Gasteiger partial charge in [0.1, 0.15) is 5.69 Å². The summed E-state index contributed by atoms with van der Waals surface area (Å²) < 4.78 is 38.1. The standard InChI is InChI=1S/C11H8ClF3N4O/c1-5-9(17-10(20)19-18-5)16-6-2-3-8(12)7(4-6)11(13,14)15/h2-4H,1H3,(H2,16,17,19,20). The molecule has 0 saturated heterocycles. The summed E-state index contributed by atoms with van der Waals surface area (Å²) in [6.07, 6.45) is -4.57. The molecule has 0 aliphatic rings. The lowest BCUT2D eigenvalue weighted by Gasteiger charge is -2.12. The highest BCUT2D eigenvalue weighted by atomic mass is 35.5. The van der Waals surface area contributed by atoms with E-state index >= 15 is 0 Å². The first-order valence-corrected chi connectivity index (χ1v) is 5.72. The fraction of sp³-hybridized carbons (Fsp3) is 0.182. The van der Waals surface area contributed by atoms with Crippen LogP contribution in [0.2, 0.25) is 5.02 Å². The van der Waals surface area contributed by atoms with E-state index in [4.69, 9.17) is 11.6 Å². The predicted molar refractivity (Wildman–Crippen MR) is 67.1 cm³/mol. The number of anilines is 2. The molecule has 106 valence electrons. The molecule has 5 nitrogen and oxygen atoms in total. The van der Waals surface area contributed by atoms with Crippen molar-refractivity contribution in [2.45, 2.75) is 13.1 Å². The maximum Gasteiger partial charge on any atom is 0.417 e. The minimum absolute atomic E-state index is 0.0733. The summed E-state index contributed by atoms with van der Waals surface area (Å²) in [5, 5.41) is 7.96. The van der Waals surface area contributed by atoms with Crippen LogP contribution in [0.3, 0.4) is 0 Å². The van der Waals surface area contributed by atoms with Crippen LogP contribution in [0.1, 0.15) is 11.3 Å². The molecule has 0 radical (unpaired) electrons. The van der Waals surface area contributed by atoms with E-state index in [0.717, 1.165) is 12.1 Å². The third-order valence-corrected chi connectivity index (χ3v) is 2.74. The summed E-state index contributed by atoms with van der Waals surface area (Å²) in [6.45, 7) is 1.55. The number of halogens is 4. The van der Waals surface area contributed by atoms with Crippen LogP contribution in [0, 0.1) is 6.92 Å². The van der Waals surface area contributed by atoms with Crippen molar-refractivity contribution in [1.82, 2.24) is 15.2 Å². The van der Waals surface area contributed by atoms with Crippen molar-refractivity contribution < 1.29 is 13.2 Å². The molecule has 1 heterocycles. The largest absolute Gasteiger partial charge is 0.417 e. The third kappa shape index (κ3) is 3.08. The van der Waals surface area contributed by atoms with Crippen molar-refractivity contribution in [3.05, 3.63) is 45.0 Å². The number of benzene rings is 1. The quantitative estimate of drug-likeness (QED) is 0.895. The zero-order chi connectivity index (χ0) is 14.9. The first-order valence-electron chi connectivity index (χ1n) is 5.34. The van der Waals surface area contributed by atoms with Gasteiger partial charge >= 0.3 is 11.9 Å². The fourth-order valence-electron chi connectivity index (χ4n) is 1.47. The lowest BCUT2D eigenvalue weighted by atomic mass is 10.2. The molecule has 0 atom stereocenters. The van der Waals surface area contributed by atoms with Crippen molar-refractivity contribution in [3.63, 3.8) is 0 Å². The number of rotatable bonds is 2. The molecule has 0 spiro atoms. The summed E-state index contributed by atoms with van der Waals surface area (Å²) in [4.78, 5) is 14.6. The maximum absolute atomic E-state index is 12.7. The zero-order valence-corrected chi connectivity index (χ0v) is 10.8. The van der Waals surface area contributed by atoms with Gasteiger partial charge in [0.25, 0.3) is 0 Å². The molecule has 0 unspecified atom stereocenters. The van der Waals surface area contributed by atoms with Crippen molar-refractivity contribution in [1.29, 1.82) is 0 Å². The van der Waals surface area contributed by atoms with Gasteiger partial charge in [0.2, 0.25) is 0 Å². The smallest absolute Gasteiger partial charge is 0.338 e. The molecular weight excluding hydrogens is 297 g/mol. The summed E-state index contributed by atoms with van der Waals surface area (Å²) in [5.74, 6) is 0.0733. The molecule has 1 aromatic carbocycles. The Hall–Kier alpha value is -2.09. The molecular formula is C11H8ClF3N4O. The Kier molecular flexibility index (Phi) is 3.67. The van der Waals surface area contributed by atoms with Crippen molar-refractivity contribution in [2.24, 2.45) is 0 Å². The second kappa shape index (κ2) is 5.12. The van der Waals surface area contributed by atoms with Crippen LogP contribution in [0.25, 0.3) is 0 Å². The van der Waals surface area contributed by atoms with Gasteiger partial charge in [0.15, 0.2) is 5.82 Å². The van der Waals surface area contributed by atoms with Gasteiger partial charge in [-0.05, 0) is 25.1 Å². The molecule has 1 aromatic heterocycles. The second-order valence-electron chi connectivity index (χ2n) is 3.89. The van der Waals surface area contributed by atoms with Crippen LogP contribution in [-0.2, 0) is 6.18 Å². The highest BCUT2D eigenvalue weighted by molar-refractivity contribution is 6.31. The van der Waals surface area contributed by atoms with Crippen LogP contribution in [0.15, 0.2) is 23.0 Å². The number of aryl methyl sites for hydroxylation is 1. The molecule has 20 heavy (non-hydrogen) atoms. The number of H-pyrrole nitrogens is 1. The summed E-state index contributed by atoms with van der Waals surface area (Å²) >= 11 is 5.51. The number of aromatic nitrogens is 3. The van der Waals surface area contributed by atoms with Crippen LogP contribution in [-0.4, -0.2) is 15.2 Å². The van der Waals surface area contributed by atoms with Crippen molar-refractivity contribution >= 4 is 23.1 Å². The average molecular weight is 305 g/mol. The van der Waals surface area contributed by atoms with Gasteiger partial charge in [-0.3, -0.25) is 0 Å². The third-order valence-electron chi connectivity index (χ3n) is 2.41. The van der Waals surface area contributed by atoms with Gasteiger partial charge < -0.3 is 5.32 Å². The maximum atomic E-state index is 12.7. The normalized spacial score (nSPS) is 11.4. The first-order chi connectivity index (χ1) is 9.27. The number of aromatic amines is 1. The molecule has 2 N–H and O–H groups in total. The van der Waals surface area contributed by atoms with Gasteiger partial charge in [0.05, 0.1) is 10.6 Å². The van der Waals surface area contributed by atoms with E-state index in [0.29, 0.717) is 5.69 Å². The van der Waals surface area contributed by atoms with Gasteiger partial charge in [0, 0.05) is 5.69 Å². The number of nitrogens with zero attached hydrogens (tertiary/aromatic N) is 2. The lowest BCUT2D eigenvalue weighted by Crippen LogP contribution is -2.16. The van der Waals surface area contributed by atoms with E-state index < -0.39 is 22.5 Å². The average Bonchev–Trinajstić information content (AvgIpc) is 2.35. The highest BCUT2D eigenvalue weighted by Crippen LogP contribution is 2.36. The van der Waals surface area contributed by atoms with E-state index in [1.807, 2.05) is 0 Å². The number of hydrogen-bond donors (Lipinski definition) is 2. The molecule has 9 heteroatoms. The Labute approximate surface area is 115 Å². The molecule has 0 aliphatic heterocycles. The fourth-order valence-corrected chi connectivity index (χ4v) is 1.69. The Morgan fingerprint density at radius 2 is 2.05 bits per heavy atom. The van der Waals surface area contributed by atoms with Crippen molar-refractivity contribution in [2.75, 3.05) is 5.32 Å². The van der Waals surface area contributed by atoms with Crippen LogP contribution < -0.4 is 11.0 Å². The monoisotopic (exact) mass is 304 g/mol. The number of alkyl halides is 3. The van der Waals surface area contributed by atoms with Crippen LogP contribution in [0.4, 0.5) is 24.7 Å². The van der Waals surface area contributed by atoms with E-state index in [1.165, 1.54) is 6.07 Å². The summed E-state index contributed by atoms with van der Waals surface area (Å²) in [7, 11) is 0. The van der Waals surface area contributed by atoms with Gasteiger partial charge in [-0.1, -0.05) is 11.6 Å². The molecule has 0 saturated carbocycles. The predicted octanol–water partition coefficient (Wildman–Crippen LogP) is 2.89. The number of nitrogens with one attached hydrogen (secondary N) is 2. The summed E-state index contributed by atoms with van der Waals surface area (Å²) in [5.41, 5.74) is -1.24. The van der Waals surface area contributed by atoms with Gasteiger partial charge in [-0.25, -0.2) is 9.89 Å². The molecule has 2 rings (SSSR count). The summed E-state index contributed by atoms with van der Waals surface area (Å²) in [6, 6.07) is 3.30. The van der Waals surface area contributed by atoms with Gasteiger partial charge in [-0.15, -0.1) is 0 Å². The van der Waals surface area contributed by atoms with E-state index in [2.05, 4.69) is 20.5 Å². The lowest BCUT2D eigenvalue weighted by molar-refractivity contribution is -0.137. The minimum atomic E-state index is -4.57. The van der Waals surface area contributed by atoms with Gasteiger partial charge in [-0.2, -0.15) is 23.3 Å². The molecule has 0 fully saturated rings. The number of hydrogen-bond acceptors (Lipinski definition) is 4. The van der Waals surface area contributed by atoms with E-state index in [1.54, 1.807) is 6.92 Å². The van der Waals surface area contributed by atoms with Crippen LogP contribution in [0.5, 0.6) is 0 Å². The molecule has 2 aromatic rings. The van der Waals surface area contributed by atoms with Crippen LogP contribution >= 0.6 is 11.6 Å². The second-order valence-corrected chi connectivity index (χ2v) is 4.30. The van der Waals surface area contributed by atoms with E-state index in [9.17, 15) is 18.0 Å². The SMILES string of the molecule is Cc1n[nH]c(=O)nc1Nc1ccc(Cl)c(C(F)(F)F)c1. The Morgan fingerprint density at radius 1 is 1.35 bits per heavy atom. The Bertz CT molecular complexity index is 699. The highest BCUT2D eigenvalue weighted by Gasteiger charge is 2.33. The Morgan fingerprint density at radius 3 is 2.70 bits per heavy atom. The van der Waals surface area contributed by atoms with Crippen molar-refractivity contribution in [3.8, 4) is 0 Å². The molecule has 0 aliphatic carbocycles.